The van der Waals surface area contributed by atoms with Crippen molar-refractivity contribution in [3.8, 4) is 0 Å². The van der Waals surface area contributed by atoms with Crippen LogP contribution in [-0.2, 0) is 19.1 Å². The zero-order valence-electron chi connectivity index (χ0n) is 21.3. The van der Waals surface area contributed by atoms with Crippen molar-refractivity contribution >= 4 is 11.9 Å². The largest absolute Gasteiger partial charge is 0.466 e. The lowest BCUT2D eigenvalue weighted by Crippen LogP contribution is -2.05. The second-order valence-electron chi connectivity index (χ2n) is 8.96. The molecule has 4 heteroatoms. The van der Waals surface area contributed by atoms with Crippen LogP contribution in [0.25, 0.3) is 0 Å². The SMILES string of the molecule is CCCCCCOC(=O)C/C=C/CCCCCCCCCCCC(=O)OCCCCCC. The molecule has 4 nitrogen and oxygen atoms in total. The Bertz CT molecular complexity index is 445. The molecule has 0 unspecified atom stereocenters. The average molecular weight is 453 g/mol. The molecule has 0 heterocycles. The maximum absolute atomic E-state index is 11.6. The van der Waals surface area contributed by atoms with E-state index in [0.717, 1.165) is 44.9 Å². The first-order valence-electron chi connectivity index (χ1n) is 13.7. The van der Waals surface area contributed by atoms with Gasteiger partial charge in [0.15, 0.2) is 0 Å². The molecule has 0 aromatic rings. The third-order valence-electron chi connectivity index (χ3n) is 5.72. The van der Waals surface area contributed by atoms with Crippen molar-refractivity contribution in [3.63, 3.8) is 0 Å². The Hall–Kier alpha value is -1.32. The van der Waals surface area contributed by atoms with E-state index in [1.54, 1.807) is 0 Å². The molecule has 0 atom stereocenters. The van der Waals surface area contributed by atoms with Crippen LogP contribution in [0.1, 0.15) is 142 Å². The van der Waals surface area contributed by atoms with Gasteiger partial charge < -0.3 is 9.47 Å². The van der Waals surface area contributed by atoms with Crippen molar-refractivity contribution in [2.75, 3.05) is 13.2 Å². The summed E-state index contributed by atoms with van der Waals surface area (Å²) in [6.07, 6.45) is 26.2. The highest BCUT2D eigenvalue weighted by molar-refractivity contribution is 5.71. The lowest BCUT2D eigenvalue weighted by atomic mass is 10.1. The fourth-order valence-corrected chi connectivity index (χ4v) is 3.63. The molecule has 0 aromatic heterocycles. The molecule has 0 aliphatic rings. The Balaban J connectivity index is 3.26. The summed E-state index contributed by atoms with van der Waals surface area (Å²) in [4.78, 5) is 23.2. The van der Waals surface area contributed by atoms with Gasteiger partial charge in [-0.2, -0.15) is 0 Å². The monoisotopic (exact) mass is 452 g/mol. The second kappa shape index (κ2) is 25.9. The van der Waals surface area contributed by atoms with Crippen molar-refractivity contribution in [2.24, 2.45) is 0 Å². The van der Waals surface area contributed by atoms with Gasteiger partial charge in [-0.15, -0.1) is 0 Å². The minimum Gasteiger partial charge on any atom is -0.466 e. The van der Waals surface area contributed by atoms with Gasteiger partial charge in [0.1, 0.15) is 0 Å². The molecular weight excluding hydrogens is 400 g/mol. The Labute approximate surface area is 198 Å². The first-order valence-corrected chi connectivity index (χ1v) is 13.7. The summed E-state index contributed by atoms with van der Waals surface area (Å²) in [7, 11) is 0. The number of carbonyl (C=O) groups excluding carboxylic acids is 2. The van der Waals surface area contributed by atoms with Crippen LogP contribution in [0.4, 0.5) is 0 Å². The van der Waals surface area contributed by atoms with E-state index in [9.17, 15) is 9.59 Å². The highest BCUT2D eigenvalue weighted by atomic mass is 16.5. The Morgan fingerprint density at radius 2 is 1.00 bits per heavy atom. The fourth-order valence-electron chi connectivity index (χ4n) is 3.63. The molecule has 0 radical (unpaired) electrons. The van der Waals surface area contributed by atoms with Crippen LogP contribution in [-0.4, -0.2) is 25.2 Å². The molecule has 0 fully saturated rings. The maximum atomic E-state index is 11.6. The number of unbranched alkanes of at least 4 members (excludes halogenated alkanes) is 15. The van der Waals surface area contributed by atoms with E-state index in [2.05, 4.69) is 19.9 Å². The van der Waals surface area contributed by atoms with Crippen molar-refractivity contribution in [1.82, 2.24) is 0 Å². The van der Waals surface area contributed by atoms with Gasteiger partial charge in [0.05, 0.1) is 19.6 Å². The summed E-state index contributed by atoms with van der Waals surface area (Å²) in [5.74, 6) is -0.119. The van der Waals surface area contributed by atoms with E-state index in [1.165, 1.54) is 70.6 Å². The van der Waals surface area contributed by atoms with Crippen LogP contribution in [0.3, 0.4) is 0 Å². The van der Waals surface area contributed by atoms with Crippen LogP contribution in [0, 0.1) is 0 Å². The van der Waals surface area contributed by atoms with Gasteiger partial charge in [0, 0.05) is 6.42 Å². The van der Waals surface area contributed by atoms with E-state index in [4.69, 9.17) is 9.47 Å². The molecule has 0 saturated heterocycles. The Morgan fingerprint density at radius 1 is 0.531 bits per heavy atom. The van der Waals surface area contributed by atoms with Crippen molar-refractivity contribution < 1.29 is 19.1 Å². The number of ether oxygens (including phenoxy) is 2. The second-order valence-corrected chi connectivity index (χ2v) is 8.96. The number of allylic oxidation sites excluding steroid dienone is 1. The number of hydrogen-bond acceptors (Lipinski definition) is 4. The predicted molar refractivity (Wildman–Crippen MR) is 135 cm³/mol. The van der Waals surface area contributed by atoms with Crippen LogP contribution in [0.2, 0.25) is 0 Å². The molecule has 0 bridgehead atoms. The molecule has 0 spiro atoms. The summed E-state index contributed by atoms with van der Waals surface area (Å²) in [5, 5.41) is 0. The van der Waals surface area contributed by atoms with Crippen molar-refractivity contribution in [1.29, 1.82) is 0 Å². The number of rotatable bonds is 24. The quantitative estimate of drug-likeness (QED) is 0.0837. The standard InChI is InChI=1S/C28H52O4/c1-3-5-7-21-25-31-27(29)23-19-17-15-13-11-9-10-12-14-16-18-20-24-28(30)32-26-22-8-6-4-2/h17,19H,3-16,18,20-26H2,1-2H3/b19-17+. The first-order chi connectivity index (χ1) is 15.7. The summed E-state index contributed by atoms with van der Waals surface area (Å²) in [6, 6.07) is 0. The predicted octanol–water partition coefficient (Wildman–Crippen LogP) is 8.47. The minimum atomic E-state index is -0.1000. The number of hydrogen-bond donors (Lipinski definition) is 0. The number of carbonyl (C=O) groups is 2. The van der Waals surface area contributed by atoms with Crippen molar-refractivity contribution in [3.05, 3.63) is 12.2 Å². The van der Waals surface area contributed by atoms with Crippen LogP contribution >= 0.6 is 0 Å². The molecule has 0 aliphatic carbocycles. The normalized spacial score (nSPS) is 11.2. The fraction of sp³-hybridized carbons (Fsp3) is 0.857. The zero-order chi connectivity index (χ0) is 23.5. The molecule has 0 saturated carbocycles. The molecular formula is C28H52O4. The summed E-state index contributed by atoms with van der Waals surface area (Å²) < 4.78 is 10.5. The van der Waals surface area contributed by atoms with E-state index in [0.29, 0.717) is 26.1 Å². The van der Waals surface area contributed by atoms with Crippen molar-refractivity contribution in [2.45, 2.75) is 142 Å². The summed E-state index contributed by atoms with van der Waals surface area (Å²) in [5.41, 5.74) is 0. The highest BCUT2D eigenvalue weighted by Crippen LogP contribution is 2.12. The molecule has 0 amide bonds. The summed E-state index contributed by atoms with van der Waals surface area (Å²) >= 11 is 0. The molecule has 0 aromatic carbocycles. The highest BCUT2D eigenvalue weighted by Gasteiger charge is 2.02. The molecule has 0 N–H and O–H groups in total. The van der Waals surface area contributed by atoms with E-state index >= 15 is 0 Å². The molecule has 32 heavy (non-hydrogen) atoms. The van der Waals surface area contributed by atoms with Crippen LogP contribution in [0.15, 0.2) is 12.2 Å². The average Bonchev–Trinajstić information content (AvgIpc) is 2.79. The third kappa shape index (κ3) is 24.9. The van der Waals surface area contributed by atoms with Crippen LogP contribution in [0.5, 0.6) is 0 Å². The van der Waals surface area contributed by atoms with Gasteiger partial charge in [-0.3, -0.25) is 9.59 Å². The van der Waals surface area contributed by atoms with E-state index < -0.39 is 0 Å². The topological polar surface area (TPSA) is 52.6 Å². The van der Waals surface area contributed by atoms with Gasteiger partial charge in [-0.1, -0.05) is 109 Å². The number of esters is 2. The molecule has 0 aliphatic heterocycles. The van der Waals surface area contributed by atoms with Gasteiger partial charge in [-0.05, 0) is 32.1 Å². The molecule has 188 valence electrons. The Morgan fingerprint density at radius 3 is 1.56 bits per heavy atom. The van der Waals surface area contributed by atoms with Gasteiger partial charge >= 0.3 is 11.9 Å². The van der Waals surface area contributed by atoms with Gasteiger partial charge in [-0.25, -0.2) is 0 Å². The molecule has 0 rings (SSSR count). The lowest BCUT2D eigenvalue weighted by Gasteiger charge is -2.05. The van der Waals surface area contributed by atoms with Gasteiger partial charge in [0.2, 0.25) is 0 Å². The third-order valence-corrected chi connectivity index (χ3v) is 5.72. The van der Waals surface area contributed by atoms with E-state index in [-0.39, 0.29) is 11.9 Å². The van der Waals surface area contributed by atoms with Crippen LogP contribution < -0.4 is 0 Å². The smallest absolute Gasteiger partial charge is 0.309 e. The zero-order valence-corrected chi connectivity index (χ0v) is 21.3. The van der Waals surface area contributed by atoms with E-state index in [1.807, 2.05) is 6.08 Å². The van der Waals surface area contributed by atoms with Gasteiger partial charge in [0.25, 0.3) is 0 Å². The summed E-state index contributed by atoms with van der Waals surface area (Å²) in [6.45, 7) is 5.53. The maximum Gasteiger partial charge on any atom is 0.309 e. The minimum absolute atomic E-state index is 0.0187. The lowest BCUT2D eigenvalue weighted by molar-refractivity contribution is -0.144. The first kappa shape index (κ1) is 30.7. The Kier molecular flexibility index (Phi) is 24.9.